The van der Waals surface area contributed by atoms with Gasteiger partial charge in [-0.1, -0.05) is 5.16 Å². The second kappa shape index (κ2) is 7.87. The Labute approximate surface area is 152 Å². The van der Waals surface area contributed by atoms with E-state index < -0.39 is 10.0 Å². The molecule has 2 aromatic rings. The Hall–Kier alpha value is -2.40. The van der Waals surface area contributed by atoms with Crippen LogP contribution < -0.4 is 5.32 Å². The van der Waals surface area contributed by atoms with Crippen LogP contribution in [0.4, 0.5) is 0 Å². The average molecular weight is 381 g/mol. The summed E-state index contributed by atoms with van der Waals surface area (Å²) in [4.78, 5) is 6.35. The van der Waals surface area contributed by atoms with E-state index in [4.69, 9.17) is 4.52 Å². The summed E-state index contributed by atoms with van der Waals surface area (Å²) in [5, 5.41) is 11.1. The molecule has 142 valence electrons. The summed E-state index contributed by atoms with van der Waals surface area (Å²) in [5.41, 5.74) is 1.46. The van der Waals surface area contributed by atoms with E-state index in [2.05, 4.69) is 25.5 Å². The fourth-order valence-electron chi connectivity index (χ4n) is 2.84. The summed E-state index contributed by atoms with van der Waals surface area (Å²) in [5.74, 6) is 0.608. The van der Waals surface area contributed by atoms with Gasteiger partial charge in [0.1, 0.15) is 12.0 Å². The third-order valence-electron chi connectivity index (χ3n) is 4.31. The second-order valence-electron chi connectivity index (χ2n) is 5.98. The van der Waals surface area contributed by atoms with Crippen LogP contribution in [0.3, 0.4) is 0 Å². The zero-order valence-electron chi connectivity index (χ0n) is 14.9. The molecule has 10 nitrogen and oxygen atoms in total. The molecule has 0 aliphatic carbocycles. The molecule has 3 heterocycles. The fraction of sp³-hybridized carbons (Fsp3) is 0.533. The zero-order chi connectivity index (χ0) is 18.6. The van der Waals surface area contributed by atoms with Crippen molar-refractivity contribution in [2.24, 2.45) is 12.0 Å². The smallest absolute Gasteiger partial charge is 0.220 e. The lowest BCUT2D eigenvalue weighted by Crippen LogP contribution is -2.53. The van der Waals surface area contributed by atoms with Gasteiger partial charge in [-0.25, -0.2) is 8.42 Å². The summed E-state index contributed by atoms with van der Waals surface area (Å²) >= 11 is 0. The Balaban J connectivity index is 1.54. The first-order valence-electron chi connectivity index (χ1n) is 8.29. The number of piperazine rings is 1. The van der Waals surface area contributed by atoms with Gasteiger partial charge < -0.3 is 14.7 Å². The van der Waals surface area contributed by atoms with E-state index in [0.29, 0.717) is 38.4 Å². The standard InChI is InChI=1S/C15H23N7O3S/c1-16-15(17-11-14-3-5-18-20(14)2)21-6-8-22(9-7-21)26(23,24)12-13-4-10-25-19-13/h3-5,10H,6-9,11-12H2,1-2H3,(H,16,17). The number of rotatable bonds is 5. The van der Waals surface area contributed by atoms with Gasteiger partial charge >= 0.3 is 0 Å². The SMILES string of the molecule is CN=C(NCc1ccnn1C)N1CCN(S(=O)(=O)Cc2ccon2)CC1. The predicted octanol–water partition coefficient (Wildman–Crippen LogP) is -0.369. The Morgan fingerprint density at radius 1 is 1.31 bits per heavy atom. The number of aromatic nitrogens is 3. The maximum Gasteiger partial charge on any atom is 0.220 e. The molecule has 1 saturated heterocycles. The van der Waals surface area contributed by atoms with Gasteiger partial charge in [0.05, 0.1) is 17.9 Å². The molecular formula is C15H23N7O3S. The number of guanidine groups is 1. The van der Waals surface area contributed by atoms with Crippen molar-refractivity contribution in [1.29, 1.82) is 0 Å². The Kier molecular flexibility index (Phi) is 5.57. The third-order valence-corrected chi connectivity index (χ3v) is 6.13. The van der Waals surface area contributed by atoms with E-state index >= 15 is 0 Å². The summed E-state index contributed by atoms with van der Waals surface area (Å²) < 4.78 is 33.0. The molecular weight excluding hydrogens is 358 g/mol. The van der Waals surface area contributed by atoms with Crippen molar-refractivity contribution in [3.63, 3.8) is 0 Å². The van der Waals surface area contributed by atoms with Gasteiger partial charge in [-0.2, -0.15) is 9.40 Å². The van der Waals surface area contributed by atoms with Crippen LogP contribution in [-0.4, -0.2) is 71.7 Å². The third kappa shape index (κ3) is 4.22. The zero-order valence-corrected chi connectivity index (χ0v) is 15.7. The van der Waals surface area contributed by atoms with Crippen molar-refractivity contribution in [3.05, 3.63) is 36.0 Å². The van der Waals surface area contributed by atoms with Gasteiger partial charge in [-0.15, -0.1) is 0 Å². The van der Waals surface area contributed by atoms with E-state index in [1.54, 1.807) is 24.0 Å². The maximum absolute atomic E-state index is 12.5. The highest BCUT2D eigenvalue weighted by Gasteiger charge is 2.28. The average Bonchev–Trinajstić information content (AvgIpc) is 3.27. The van der Waals surface area contributed by atoms with Gasteiger partial charge in [-0.05, 0) is 6.07 Å². The number of hydrogen-bond acceptors (Lipinski definition) is 6. The minimum atomic E-state index is -3.40. The number of nitrogens with one attached hydrogen (secondary N) is 1. The van der Waals surface area contributed by atoms with Crippen molar-refractivity contribution in [2.75, 3.05) is 33.2 Å². The van der Waals surface area contributed by atoms with Crippen LogP contribution in [0.2, 0.25) is 0 Å². The number of aryl methyl sites for hydroxylation is 1. The van der Waals surface area contributed by atoms with E-state index in [0.717, 1.165) is 11.7 Å². The first kappa shape index (κ1) is 18.4. The van der Waals surface area contributed by atoms with Crippen molar-refractivity contribution in [1.82, 2.24) is 29.5 Å². The lowest BCUT2D eigenvalue weighted by atomic mass is 10.3. The first-order chi connectivity index (χ1) is 12.5. The largest absolute Gasteiger partial charge is 0.364 e. The molecule has 26 heavy (non-hydrogen) atoms. The van der Waals surface area contributed by atoms with E-state index in [1.807, 2.05) is 13.1 Å². The highest BCUT2D eigenvalue weighted by atomic mass is 32.2. The van der Waals surface area contributed by atoms with Crippen molar-refractivity contribution in [3.8, 4) is 0 Å². The van der Waals surface area contributed by atoms with Gasteiger partial charge in [0.2, 0.25) is 10.0 Å². The minimum Gasteiger partial charge on any atom is -0.364 e. The summed E-state index contributed by atoms with van der Waals surface area (Å²) in [6.07, 6.45) is 3.12. The van der Waals surface area contributed by atoms with Crippen LogP contribution >= 0.6 is 0 Å². The second-order valence-corrected chi connectivity index (χ2v) is 7.95. The van der Waals surface area contributed by atoms with Gasteiger partial charge in [0.15, 0.2) is 5.96 Å². The van der Waals surface area contributed by atoms with Crippen LogP contribution in [-0.2, 0) is 29.4 Å². The Morgan fingerprint density at radius 2 is 2.08 bits per heavy atom. The van der Waals surface area contributed by atoms with Gasteiger partial charge in [-0.3, -0.25) is 9.67 Å². The van der Waals surface area contributed by atoms with Crippen molar-refractivity contribution >= 4 is 16.0 Å². The first-order valence-corrected chi connectivity index (χ1v) is 9.90. The highest BCUT2D eigenvalue weighted by molar-refractivity contribution is 7.88. The molecule has 0 saturated carbocycles. The van der Waals surface area contributed by atoms with Crippen molar-refractivity contribution in [2.45, 2.75) is 12.3 Å². The normalized spacial score (nSPS) is 16.8. The summed E-state index contributed by atoms with van der Waals surface area (Å²) in [6, 6.07) is 3.51. The molecule has 0 spiro atoms. The van der Waals surface area contributed by atoms with E-state index in [1.165, 1.54) is 10.6 Å². The lowest BCUT2D eigenvalue weighted by molar-refractivity contribution is 0.259. The molecule has 11 heteroatoms. The van der Waals surface area contributed by atoms with Gasteiger partial charge in [0, 0.05) is 52.5 Å². The van der Waals surface area contributed by atoms with Gasteiger partial charge in [0.25, 0.3) is 0 Å². The monoisotopic (exact) mass is 381 g/mol. The molecule has 0 atom stereocenters. The molecule has 2 aromatic heterocycles. The molecule has 1 fully saturated rings. The number of hydrogen-bond donors (Lipinski definition) is 1. The van der Waals surface area contributed by atoms with E-state index in [9.17, 15) is 8.42 Å². The molecule has 0 amide bonds. The topological polar surface area (TPSA) is 109 Å². The molecule has 1 aliphatic rings. The summed E-state index contributed by atoms with van der Waals surface area (Å²) in [7, 11) is 0.205. The van der Waals surface area contributed by atoms with Crippen LogP contribution in [0.15, 0.2) is 34.1 Å². The molecule has 0 bridgehead atoms. The Bertz CT molecular complexity index is 836. The number of sulfonamides is 1. The van der Waals surface area contributed by atoms with Crippen LogP contribution in [0.1, 0.15) is 11.4 Å². The Morgan fingerprint density at radius 3 is 2.65 bits per heavy atom. The molecule has 1 N–H and O–H groups in total. The van der Waals surface area contributed by atoms with Crippen LogP contribution in [0.5, 0.6) is 0 Å². The minimum absolute atomic E-state index is 0.142. The quantitative estimate of drug-likeness (QED) is 0.556. The summed E-state index contributed by atoms with van der Waals surface area (Å²) in [6.45, 7) is 2.57. The van der Waals surface area contributed by atoms with E-state index in [-0.39, 0.29) is 5.75 Å². The lowest BCUT2D eigenvalue weighted by Gasteiger charge is -2.35. The number of nitrogens with zero attached hydrogens (tertiary/aromatic N) is 6. The molecule has 0 unspecified atom stereocenters. The van der Waals surface area contributed by atoms with Crippen LogP contribution in [0, 0.1) is 0 Å². The molecule has 0 radical (unpaired) electrons. The number of aliphatic imine (C=N–C) groups is 1. The molecule has 1 aliphatic heterocycles. The van der Waals surface area contributed by atoms with Crippen LogP contribution in [0.25, 0.3) is 0 Å². The fourth-order valence-corrected chi connectivity index (χ4v) is 4.27. The predicted molar refractivity (Wildman–Crippen MR) is 95.7 cm³/mol. The van der Waals surface area contributed by atoms with Crippen molar-refractivity contribution < 1.29 is 12.9 Å². The highest BCUT2D eigenvalue weighted by Crippen LogP contribution is 2.13. The maximum atomic E-state index is 12.5. The molecule has 0 aromatic carbocycles. The molecule has 3 rings (SSSR count).